The fourth-order valence-corrected chi connectivity index (χ4v) is 5.09. The molecule has 22 heavy (non-hydrogen) atoms. The lowest BCUT2D eigenvalue weighted by atomic mass is 10.2. The van der Waals surface area contributed by atoms with Crippen molar-refractivity contribution in [3.63, 3.8) is 0 Å². The number of hydrogen-bond acceptors (Lipinski definition) is 6. The zero-order chi connectivity index (χ0) is 16.5. The molecular formula is C11H13Cl3N2O4S2. The van der Waals surface area contributed by atoms with Crippen LogP contribution in [0.4, 0.5) is 0 Å². The Kier molecular flexibility index (Phi) is 6.21. The number of aromatic nitrogens is 2. The van der Waals surface area contributed by atoms with E-state index < -0.39 is 26.7 Å². The smallest absolute Gasteiger partial charge is 0.330 e. The van der Waals surface area contributed by atoms with Gasteiger partial charge in [-0.05, 0) is 17.7 Å². The van der Waals surface area contributed by atoms with E-state index in [2.05, 4.69) is 4.98 Å². The number of nitrogens with zero attached hydrogens (tertiary/aromatic N) is 1. The number of nitrogens with one attached hydrogen (secondary N) is 1. The average Bonchev–Trinajstić information content (AvgIpc) is 2.83. The Morgan fingerprint density at radius 3 is 2.77 bits per heavy atom. The second kappa shape index (κ2) is 7.38. The molecule has 0 spiro atoms. The summed E-state index contributed by atoms with van der Waals surface area (Å²) in [5, 5.41) is 9.25. The third-order valence-electron chi connectivity index (χ3n) is 3.08. The van der Waals surface area contributed by atoms with Gasteiger partial charge in [-0.2, -0.15) is 0 Å². The average molecular weight is 408 g/mol. The van der Waals surface area contributed by atoms with Crippen LogP contribution in [0.2, 0.25) is 0 Å². The maximum absolute atomic E-state index is 11.9. The lowest BCUT2D eigenvalue weighted by Crippen LogP contribution is -2.33. The maximum Gasteiger partial charge on any atom is 0.330 e. The van der Waals surface area contributed by atoms with E-state index in [4.69, 9.17) is 39.5 Å². The predicted octanol–water partition coefficient (Wildman–Crippen LogP) is 2.20. The van der Waals surface area contributed by atoms with Gasteiger partial charge in [0.1, 0.15) is 6.23 Å². The number of rotatable bonds is 4. The number of H-pyrrole nitrogens is 1. The van der Waals surface area contributed by atoms with Gasteiger partial charge in [0.05, 0.1) is 12.7 Å². The van der Waals surface area contributed by atoms with E-state index in [9.17, 15) is 14.7 Å². The summed E-state index contributed by atoms with van der Waals surface area (Å²) in [6.45, 7) is 1.38. The summed E-state index contributed by atoms with van der Waals surface area (Å²) in [6.07, 6.45) is 0.799. The number of aliphatic hydroxyl groups is 1. The van der Waals surface area contributed by atoms with Crippen molar-refractivity contribution < 1.29 is 9.84 Å². The third kappa shape index (κ3) is 4.59. The molecule has 0 saturated carbocycles. The molecule has 2 rings (SSSR count). The summed E-state index contributed by atoms with van der Waals surface area (Å²) in [5.74, 6) is 0. The molecule has 1 aliphatic rings. The summed E-state index contributed by atoms with van der Waals surface area (Å²) in [6, 6.07) is 0. The molecule has 124 valence electrons. The van der Waals surface area contributed by atoms with Crippen molar-refractivity contribution in [2.24, 2.45) is 0 Å². The van der Waals surface area contributed by atoms with Crippen LogP contribution in [0.1, 0.15) is 18.2 Å². The van der Waals surface area contributed by atoms with Crippen molar-refractivity contribution in [1.82, 2.24) is 9.55 Å². The van der Waals surface area contributed by atoms with Crippen LogP contribution < -0.4 is 11.2 Å². The van der Waals surface area contributed by atoms with Gasteiger partial charge in [0.25, 0.3) is 5.56 Å². The van der Waals surface area contributed by atoms with Crippen LogP contribution >= 0.6 is 56.4 Å². The summed E-state index contributed by atoms with van der Waals surface area (Å²) < 4.78 is 5.51. The SMILES string of the molecule is Cc1cn([C@H]2C[C@H](SSC(Cl)(Cl)Cl)[C@@H](CO)O2)c(=O)[nH]c1=O. The molecule has 6 nitrogen and oxygen atoms in total. The molecule has 0 aromatic carbocycles. The largest absolute Gasteiger partial charge is 0.394 e. The van der Waals surface area contributed by atoms with Crippen LogP contribution in [-0.4, -0.2) is 35.7 Å². The van der Waals surface area contributed by atoms with Crippen molar-refractivity contribution in [2.45, 2.75) is 34.1 Å². The first-order valence-electron chi connectivity index (χ1n) is 6.21. The molecule has 1 fully saturated rings. The number of ether oxygens (including phenoxy) is 1. The van der Waals surface area contributed by atoms with Gasteiger partial charge in [-0.1, -0.05) is 45.6 Å². The van der Waals surface area contributed by atoms with Gasteiger partial charge in [0.15, 0.2) is 0 Å². The van der Waals surface area contributed by atoms with Crippen LogP contribution in [0.3, 0.4) is 0 Å². The summed E-state index contributed by atoms with van der Waals surface area (Å²) in [4.78, 5) is 25.5. The van der Waals surface area contributed by atoms with Crippen molar-refractivity contribution >= 4 is 56.4 Å². The predicted molar refractivity (Wildman–Crippen MR) is 90.9 cm³/mol. The number of aryl methyl sites for hydroxylation is 1. The summed E-state index contributed by atoms with van der Waals surface area (Å²) in [7, 11) is 2.32. The molecule has 0 bridgehead atoms. The van der Waals surface area contributed by atoms with Crippen LogP contribution in [0.5, 0.6) is 0 Å². The molecule has 1 aromatic heterocycles. The molecule has 0 unspecified atom stereocenters. The second-order valence-electron chi connectivity index (χ2n) is 4.69. The van der Waals surface area contributed by atoms with Gasteiger partial charge in [-0.3, -0.25) is 14.3 Å². The Hall–Kier alpha value is 0.170. The van der Waals surface area contributed by atoms with E-state index in [-0.39, 0.29) is 11.9 Å². The lowest BCUT2D eigenvalue weighted by molar-refractivity contribution is -0.0238. The molecule has 3 atom stereocenters. The maximum atomic E-state index is 11.9. The minimum absolute atomic E-state index is 0.158. The van der Waals surface area contributed by atoms with Crippen molar-refractivity contribution in [3.05, 3.63) is 32.6 Å². The highest BCUT2D eigenvalue weighted by Crippen LogP contribution is 2.51. The first kappa shape index (κ1) is 18.5. The zero-order valence-corrected chi connectivity index (χ0v) is 15.2. The molecule has 0 amide bonds. The molecular weight excluding hydrogens is 395 g/mol. The van der Waals surface area contributed by atoms with Crippen LogP contribution in [0, 0.1) is 6.92 Å². The quantitative estimate of drug-likeness (QED) is 0.588. The normalized spacial score (nSPS) is 25.6. The summed E-state index contributed by atoms with van der Waals surface area (Å²) in [5.41, 5.74) is -0.594. The molecule has 11 heteroatoms. The Balaban J connectivity index is 2.16. The third-order valence-corrected chi connectivity index (χ3v) is 7.41. The number of alkyl halides is 3. The molecule has 0 radical (unpaired) electrons. The Morgan fingerprint density at radius 2 is 2.18 bits per heavy atom. The lowest BCUT2D eigenvalue weighted by Gasteiger charge is -2.17. The number of aliphatic hydroxyl groups excluding tert-OH is 1. The van der Waals surface area contributed by atoms with Gasteiger partial charge < -0.3 is 9.84 Å². The fraction of sp³-hybridized carbons (Fsp3) is 0.636. The van der Waals surface area contributed by atoms with Crippen LogP contribution in [0.25, 0.3) is 0 Å². The first-order chi connectivity index (χ1) is 10.2. The standard InChI is InChI=1S/C11H13Cl3N2O4S2/c1-5-3-16(10(19)15-9(5)18)8-2-7(6(4-17)20-8)21-22-11(12,13)14/h3,6-8,17H,2,4H2,1H3,(H,15,18,19)/t6-,7+,8-/m1/s1. The Labute approximate surface area is 148 Å². The van der Waals surface area contributed by atoms with E-state index in [0.29, 0.717) is 12.0 Å². The van der Waals surface area contributed by atoms with E-state index in [1.807, 2.05) is 0 Å². The highest BCUT2D eigenvalue weighted by Gasteiger charge is 2.38. The second-order valence-corrected chi connectivity index (χ2v) is 10.3. The Morgan fingerprint density at radius 1 is 1.50 bits per heavy atom. The van der Waals surface area contributed by atoms with Gasteiger partial charge in [0.2, 0.25) is 3.12 Å². The number of hydrogen-bond donors (Lipinski definition) is 2. The molecule has 1 aromatic rings. The van der Waals surface area contributed by atoms with E-state index >= 15 is 0 Å². The summed E-state index contributed by atoms with van der Waals surface area (Å²) >= 11 is 17.1. The van der Waals surface area contributed by atoms with E-state index in [1.54, 1.807) is 6.92 Å². The molecule has 2 N–H and O–H groups in total. The molecule has 0 aliphatic carbocycles. The van der Waals surface area contributed by atoms with E-state index in [1.165, 1.54) is 21.6 Å². The zero-order valence-electron chi connectivity index (χ0n) is 11.3. The van der Waals surface area contributed by atoms with Crippen LogP contribution in [0.15, 0.2) is 15.8 Å². The van der Waals surface area contributed by atoms with E-state index in [0.717, 1.165) is 10.8 Å². The minimum atomic E-state index is -1.48. The van der Waals surface area contributed by atoms with Crippen molar-refractivity contribution in [2.75, 3.05) is 6.61 Å². The topological polar surface area (TPSA) is 84.3 Å². The minimum Gasteiger partial charge on any atom is -0.394 e. The number of aromatic amines is 1. The first-order valence-corrected chi connectivity index (χ1v) is 9.55. The van der Waals surface area contributed by atoms with Crippen molar-refractivity contribution in [3.8, 4) is 0 Å². The number of halogens is 3. The highest BCUT2D eigenvalue weighted by atomic mass is 35.6. The highest BCUT2D eigenvalue weighted by molar-refractivity contribution is 8.78. The van der Waals surface area contributed by atoms with Gasteiger partial charge >= 0.3 is 5.69 Å². The molecule has 1 saturated heterocycles. The molecule has 2 heterocycles. The van der Waals surface area contributed by atoms with Gasteiger partial charge in [-0.25, -0.2) is 4.79 Å². The molecule has 1 aliphatic heterocycles. The monoisotopic (exact) mass is 406 g/mol. The van der Waals surface area contributed by atoms with Crippen LogP contribution in [-0.2, 0) is 4.74 Å². The van der Waals surface area contributed by atoms with Crippen molar-refractivity contribution in [1.29, 1.82) is 0 Å². The van der Waals surface area contributed by atoms with Gasteiger partial charge in [-0.15, -0.1) is 0 Å². The Bertz CT molecular complexity index is 645. The van der Waals surface area contributed by atoms with Gasteiger partial charge in [0, 0.05) is 23.4 Å². The fourth-order valence-electron chi connectivity index (χ4n) is 2.05.